The monoisotopic (exact) mass is 298 g/mol. The summed E-state index contributed by atoms with van der Waals surface area (Å²) in [4.78, 5) is 13.5. The van der Waals surface area contributed by atoms with Gasteiger partial charge in [0.25, 0.3) is 5.91 Å². The van der Waals surface area contributed by atoms with E-state index in [4.69, 9.17) is 9.88 Å². The van der Waals surface area contributed by atoms with Crippen LogP contribution in [0.25, 0.3) is 0 Å². The van der Waals surface area contributed by atoms with Gasteiger partial charge in [0.1, 0.15) is 5.75 Å². The number of nitrogens with zero attached hydrogens (tertiary/aromatic N) is 1. The predicted octanol–water partition coefficient (Wildman–Crippen LogP) is 0.560. The van der Waals surface area contributed by atoms with E-state index in [0.717, 1.165) is 0 Å². The smallest absolute Gasteiger partial charge is 0.263 e. The molecule has 0 bridgehead atoms. The largest absolute Gasteiger partial charge is 0.480 e. The Labute approximate surface area is 118 Å². The lowest BCUT2D eigenvalue weighted by molar-refractivity contribution is -0.132. The molecule has 2 N–H and O–H groups in total. The Morgan fingerprint density at radius 1 is 1.30 bits per heavy atom. The van der Waals surface area contributed by atoms with E-state index in [1.165, 1.54) is 6.07 Å². The van der Waals surface area contributed by atoms with Crippen LogP contribution in [0.2, 0.25) is 0 Å². The van der Waals surface area contributed by atoms with Crippen molar-refractivity contribution in [3.05, 3.63) is 23.3 Å². The van der Waals surface area contributed by atoms with E-state index in [2.05, 4.69) is 0 Å². The van der Waals surface area contributed by atoms with E-state index in [9.17, 15) is 13.2 Å². The number of benzene rings is 1. The van der Waals surface area contributed by atoms with E-state index < -0.39 is 16.1 Å². The number of sulfonamides is 1. The zero-order valence-corrected chi connectivity index (χ0v) is 12.5. The summed E-state index contributed by atoms with van der Waals surface area (Å²) in [5.41, 5.74) is 1.22. The summed E-state index contributed by atoms with van der Waals surface area (Å²) in [5, 5.41) is 5.15. The first kappa shape index (κ1) is 14.8. The van der Waals surface area contributed by atoms with Gasteiger partial charge in [-0.25, -0.2) is 13.6 Å². The average molecular weight is 298 g/mol. The van der Waals surface area contributed by atoms with E-state index >= 15 is 0 Å². The number of likely N-dealkylation sites (tertiary alicyclic amines) is 1. The minimum atomic E-state index is -3.75. The number of amides is 1. The van der Waals surface area contributed by atoms with E-state index in [1.54, 1.807) is 31.9 Å². The lowest BCUT2D eigenvalue weighted by Crippen LogP contribution is -2.29. The Balaban J connectivity index is 2.31. The maximum absolute atomic E-state index is 11.8. The van der Waals surface area contributed by atoms with E-state index in [-0.39, 0.29) is 10.8 Å². The molecule has 0 saturated carbocycles. The minimum absolute atomic E-state index is 0.0578. The molecule has 1 aliphatic heterocycles. The third-order valence-corrected chi connectivity index (χ3v) is 4.70. The van der Waals surface area contributed by atoms with Crippen LogP contribution in [0.3, 0.4) is 0 Å². The van der Waals surface area contributed by atoms with Crippen molar-refractivity contribution in [1.82, 2.24) is 4.90 Å². The topological polar surface area (TPSA) is 89.7 Å². The summed E-state index contributed by atoms with van der Waals surface area (Å²) in [6, 6.07) is 2.96. The number of hydrogen-bond acceptors (Lipinski definition) is 4. The van der Waals surface area contributed by atoms with Crippen molar-refractivity contribution < 1.29 is 17.9 Å². The molecule has 0 aliphatic carbocycles. The molecule has 0 aromatic heterocycles. The maximum atomic E-state index is 11.8. The first-order valence-corrected chi connectivity index (χ1v) is 7.81. The lowest BCUT2D eigenvalue weighted by atomic mass is 10.1. The number of hydrogen-bond donors (Lipinski definition) is 1. The molecule has 20 heavy (non-hydrogen) atoms. The van der Waals surface area contributed by atoms with Gasteiger partial charge in [-0.15, -0.1) is 0 Å². The first-order chi connectivity index (χ1) is 9.21. The van der Waals surface area contributed by atoms with Crippen LogP contribution in [0.15, 0.2) is 17.0 Å². The van der Waals surface area contributed by atoms with Crippen LogP contribution >= 0.6 is 0 Å². The third kappa shape index (κ3) is 2.64. The van der Waals surface area contributed by atoms with Gasteiger partial charge in [0.15, 0.2) is 6.10 Å². The van der Waals surface area contributed by atoms with E-state index in [0.29, 0.717) is 29.8 Å². The fraction of sp³-hybridized carbons (Fsp3) is 0.462. The zero-order chi connectivity index (χ0) is 15.1. The molecule has 0 spiro atoms. The number of carbonyl (C=O) groups is 1. The molecular formula is C13H18N2O4S. The fourth-order valence-electron chi connectivity index (χ4n) is 2.26. The van der Waals surface area contributed by atoms with Crippen LogP contribution in [0.4, 0.5) is 0 Å². The van der Waals surface area contributed by atoms with Crippen LogP contribution in [0.5, 0.6) is 5.75 Å². The van der Waals surface area contributed by atoms with Crippen molar-refractivity contribution in [1.29, 1.82) is 0 Å². The SMILES string of the molecule is Cc1c(OC2CCN(C)C2=O)ccc(S(N)(=O)=O)c1C. The summed E-state index contributed by atoms with van der Waals surface area (Å²) >= 11 is 0. The molecule has 1 atom stereocenters. The molecule has 1 amide bonds. The molecular weight excluding hydrogens is 280 g/mol. The number of nitrogens with two attached hydrogens (primary N) is 1. The predicted molar refractivity (Wildman–Crippen MR) is 74.0 cm³/mol. The van der Waals surface area contributed by atoms with E-state index in [1.807, 2.05) is 0 Å². The number of primary sulfonamides is 1. The van der Waals surface area contributed by atoms with Crippen molar-refractivity contribution in [3.8, 4) is 5.75 Å². The summed E-state index contributed by atoms with van der Waals surface area (Å²) in [5.74, 6) is 0.459. The van der Waals surface area contributed by atoms with Crippen LogP contribution in [-0.4, -0.2) is 38.9 Å². The third-order valence-electron chi connectivity index (χ3n) is 3.64. The fourth-order valence-corrected chi connectivity index (χ4v) is 3.10. The van der Waals surface area contributed by atoms with Gasteiger partial charge in [-0.1, -0.05) is 0 Å². The second kappa shape index (κ2) is 5.06. The highest BCUT2D eigenvalue weighted by molar-refractivity contribution is 7.89. The van der Waals surface area contributed by atoms with Crippen molar-refractivity contribution in [3.63, 3.8) is 0 Å². The highest BCUT2D eigenvalue weighted by atomic mass is 32.2. The normalized spacial score (nSPS) is 19.5. The Morgan fingerprint density at radius 2 is 1.95 bits per heavy atom. The number of ether oxygens (including phenoxy) is 1. The van der Waals surface area contributed by atoms with Crippen molar-refractivity contribution in [2.24, 2.45) is 5.14 Å². The maximum Gasteiger partial charge on any atom is 0.263 e. The van der Waals surface area contributed by atoms with Gasteiger partial charge in [0.2, 0.25) is 10.0 Å². The van der Waals surface area contributed by atoms with Crippen LogP contribution in [-0.2, 0) is 14.8 Å². The quantitative estimate of drug-likeness (QED) is 0.883. The second-order valence-corrected chi connectivity index (χ2v) is 6.54. The molecule has 1 aromatic carbocycles. The molecule has 1 saturated heterocycles. The number of carbonyl (C=O) groups excluding carboxylic acids is 1. The standard InChI is InChI=1S/C13H18N2O4S/c1-8-9(2)12(20(14,17)18)5-4-10(8)19-11-6-7-15(3)13(11)16/h4-5,11H,6-7H2,1-3H3,(H2,14,17,18). The minimum Gasteiger partial charge on any atom is -0.480 e. The van der Waals surface area contributed by atoms with Crippen LogP contribution in [0, 0.1) is 13.8 Å². The van der Waals surface area contributed by atoms with Gasteiger partial charge < -0.3 is 9.64 Å². The zero-order valence-electron chi connectivity index (χ0n) is 11.7. The molecule has 6 nitrogen and oxygen atoms in total. The highest BCUT2D eigenvalue weighted by Gasteiger charge is 2.31. The Hall–Kier alpha value is -1.60. The van der Waals surface area contributed by atoms with Gasteiger partial charge in [0.05, 0.1) is 4.90 Å². The molecule has 2 rings (SSSR count). The molecule has 7 heteroatoms. The molecule has 1 heterocycles. The Kier molecular flexibility index (Phi) is 3.75. The Morgan fingerprint density at radius 3 is 2.45 bits per heavy atom. The summed E-state index contributed by atoms with van der Waals surface area (Å²) in [6.45, 7) is 4.09. The average Bonchev–Trinajstić information content (AvgIpc) is 2.65. The molecule has 1 fully saturated rings. The van der Waals surface area contributed by atoms with Gasteiger partial charge in [-0.3, -0.25) is 4.79 Å². The van der Waals surface area contributed by atoms with Crippen molar-refractivity contribution in [2.75, 3.05) is 13.6 Å². The summed E-state index contributed by atoms with van der Waals surface area (Å²) < 4.78 is 28.6. The van der Waals surface area contributed by atoms with Crippen LogP contribution in [0.1, 0.15) is 17.5 Å². The molecule has 1 aromatic rings. The molecule has 1 unspecified atom stereocenters. The summed E-state index contributed by atoms with van der Waals surface area (Å²) in [6.07, 6.45) is 0.128. The Bertz CT molecular complexity index is 655. The van der Waals surface area contributed by atoms with Crippen molar-refractivity contribution in [2.45, 2.75) is 31.3 Å². The van der Waals surface area contributed by atoms with Gasteiger partial charge in [0, 0.05) is 20.0 Å². The summed E-state index contributed by atoms with van der Waals surface area (Å²) in [7, 11) is -2.02. The van der Waals surface area contributed by atoms with Crippen molar-refractivity contribution >= 4 is 15.9 Å². The number of likely N-dealkylation sites (N-methyl/N-ethyl adjacent to an activating group) is 1. The van der Waals surface area contributed by atoms with Gasteiger partial charge in [-0.05, 0) is 37.1 Å². The van der Waals surface area contributed by atoms with Gasteiger partial charge >= 0.3 is 0 Å². The lowest BCUT2D eigenvalue weighted by Gasteiger charge is -2.17. The molecule has 110 valence electrons. The molecule has 0 radical (unpaired) electrons. The van der Waals surface area contributed by atoms with Crippen LogP contribution < -0.4 is 9.88 Å². The number of rotatable bonds is 3. The molecule has 1 aliphatic rings. The van der Waals surface area contributed by atoms with Gasteiger partial charge in [-0.2, -0.15) is 0 Å². The highest BCUT2D eigenvalue weighted by Crippen LogP contribution is 2.28. The first-order valence-electron chi connectivity index (χ1n) is 6.26. The second-order valence-electron chi connectivity index (χ2n) is 5.01.